The number of allylic oxidation sites excluding steroid dienone is 1. The van der Waals surface area contributed by atoms with Gasteiger partial charge in [-0.15, -0.1) is 0 Å². The molecule has 0 saturated heterocycles. The van der Waals surface area contributed by atoms with Crippen LogP contribution in [0.3, 0.4) is 0 Å². The number of carbonyl (C=O) groups excluding carboxylic acids is 3. The van der Waals surface area contributed by atoms with Crippen LogP contribution in [0.4, 0.5) is 0 Å². The fourth-order valence-corrected chi connectivity index (χ4v) is 3.28. The van der Waals surface area contributed by atoms with Crippen molar-refractivity contribution < 1.29 is 33.7 Å². The average molecular weight is 403 g/mol. The number of methoxy groups -OCH3 is 2. The number of hydrogen-bond acceptors (Lipinski definition) is 8. The fourth-order valence-electron chi connectivity index (χ4n) is 3.28. The SMILES string of the molecule is COC(=O)C1=C(CO)NC(C)=C(C(=O)OC(C)C)C1c1ccccc1C(=O)OC. The quantitative estimate of drug-likeness (QED) is 0.546. The summed E-state index contributed by atoms with van der Waals surface area (Å²) in [4.78, 5) is 37.9. The first-order chi connectivity index (χ1) is 13.8. The predicted molar refractivity (Wildman–Crippen MR) is 104 cm³/mol. The molecule has 0 saturated carbocycles. The third-order valence-corrected chi connectivity index (χ3v) is 4.45. The van der Waals surface area contributed by atoms with Gasteiger partial charge in [-0.1, -0.05) is 18.2 Å². The number of aliphatic hydroxyl groups excluding tert-OH is 1. The maximum atomic E-state index is 12.9. The smallest absolute Gasteiger partial charge is 0.338 e. The highest BCUT2D eigenvalue weighted by Gasteiger charge is 2.40. The van der Waals surface area contributed by atoms with Crippen molar-refractivity contribution in [1.82, 2.24) is 5.32 Å². The van der Waals surface area contributed by atoms with Crippen molar-refractivity contribution in [3.05, 3.63) is 57.9 Å². The van der Waals surface area contributed by atoms with E-state index < -0.39 is 36.5 Å². The summed E-state index contributed by atoms with van der Waals surface area (Å²) in [5, 5.41) is 12.7. The van der Waals surface area contributed by atoms with Crippen LogP contribution in [0.1, 0.15) is 42.6 Å². The molecule has 0 bridgehead atoms. The van der Waals surface area contributed by atoms with Crippen LogP contribution >= 0.6 is 0 Å². The lowest BCUT2D eigenvalue weighted by Crippen LogP contribution is -2.35. The number of benzene rings is 1. The second kappa shape index (κ2) is 9.38. The van der Waals surface area contributed by atoms with E-state index in [4.69, 9.17) is 14.2 Å². The molecule has 1 aliphatic heterocycles. The Morgan fingerprint density at radius 2 is 1.66 bits per heavy atom. The molecule has 156 valence electrons. The Morgan fingerprint density at radius 1 is 1.03 bits per heavy atom. The van der Waals surface area contributed by atoms with Gasteiger partial charge >= 0.3 is 17.9 Å². The third-order valence-electron chi connectivity index (χ3n) is 4.45. The molecule has 1 unspecified atom stereocenters. The van der Waals surface area contributed by atoms with Gasteiger partial charge in [-0.05, 0) is 32.4 Å². The highest BCUT2D eigenvalue weighted by molar-refractivity contribution is 6.01. The highest BCUT2D eigenvalue weighted by Crippen LogP contribution is 2.40. The zero-order valence-electron chi connectivity index (χ0n) is 17.1. The van der Waals surface area contributed by atoms with Crippen molar-refractivity contribution in [2.24, 2.45) is 0 Å². The summed E-state index contributed by atoms with van der Waals surface area (Å²) in [5.41, 5.74) is 1.29. The zero-order chi connectivity index (χ0) is 21.7. The molecule has 1 atom stereocenters. The lowest BCUT2D eigenvalue weighted by Gasteiger charge is -2.31. The van der Waals surface area contributed by atoms with E-state index in [0.29, 0.717) is 11.3 Å². The first kappa shape index (κ1) is 22.2. The van der Waals surface area contributed by atoms with Gasteiger partial charge in [-0.25, -0.2) is 14.4 Å². The lowest BCUT2D eigenvalue weighted by atomic mass is 9.78. The minimum atomic E-state index is -0.993. The Labute approximate surface area is 169 Å². The Balaban J connectivity index is 2.81. The van der Waals surface area contributed by atoms with E-state index in [9.17, 15) is 19.5 Å². The second-order valence-electron chi connectivity index (χ2n) is 6.67. The van der Waals surface area contributed by atoms with E-state index in [1.54, 1.807) is 39.0 Å². The van der Waals surface area contributed by atoms with Gasteiger partial charge in [-0.2, -0.15) is 0 Å². The molecule has 1 aromatic rings. The summed E-state index contributed by atoms with van der Waals surface area (Å²) in [6.45, 7) is 4.55. The maximum absolute atomic E-state index is 12.9. The number of ether oxygens (including phenoxy) is 3. The van der Waals surface area contributed by atoms with Crippen LogP contribution in [-0.2, 0) is 23.8 Å². The molecule has 1 aliphatic rings. The van der Waals surface area contributed by atoms with Crippen LogP contribution in [0, 0.1) is 0 Å². The molecule has 1 heterocycles. The van der Waals surface area contributed by atoms with E-state index in [2.05, 4.69) is 5.32 Å². The second-order valence-corrected chi connectivity index (χ2v) is 6.67. The highest BCUT2D eigenvalue weighted by atomic mass is 16.5. The minimum absolute atomic E-state index is 0.0210. The lowest BCUT2D eigenvalue weighted by molar-refractivity contribution is -0.143. The number of nitrogens with one attached hydrogen (secondary N) is 1. The van der Waals surface area contributed by atoms with E-state index in [0.717, 1.165) is 0 Å². The summed E-state index contributed by atoms with van der Waals surface area (Å²) < 4.78 is 15.1. The van der Waals surface area contributed by atoms with Crippen molar-refractivity contribution in [3.8, 4) is 0 Å². The van der Waals surface area contributed by atoms with Crippen LogP contribution in [0.2, 0.25) is 0 Å². The topological polar surface area (TPSA) is 111 Å². The van der Waals surface area contributed by atoms with Gasteiger partial charge in [0.15, 0.2) is 0 Å². The Bertz CT molecular complexity index is 883. The standard InChI is InChI=1S/C21H25NO7/c1-11(2)29-21(26)16-12(3)22-15(10-23)18(20(25)28-5)17(16)13-8-6-7-9-14(13)19(24)27-4/h6-9,11,17,22-23H,10H2,1-5H3. The molecule has 29 heavy (non-hydrogen) atoms. The summed E-state index contributed by atoms with van der Waals surface area (Å²) in [7, 11) is 2.44. The molecule has 0 radical (unpaired) electrons. The number of esters is 3. The van der Waals surface area contributed by atoms with Gasteiger partial charge in [0, 0.05) is 5.70 Å². The zero-order valence-corrected chi connectivity index (χ0v) is 17.1. The number of rotatable bonds is 6. The average Bonchev–Trinajstić information content (AvgIpc) is 2.70. The van der Waals surface area contributed by atoms with Crippen molar-refractivity contribution >= 4 is 17.9 Å². The monoisotopic (exact) mass is 403 g/mol. The molecule has 0 fully saturated rings. The van der Waals surface area contributed by atoms with Gasteiger partial charge in [0.05, 0.1) is 55.3 Å². The summed E-state index contributed by atoms with van der Waals surface area (Å²) >= 11 is 0. The van der Waals surface area contributed by atoms with Crippen molar-refractivity contribution in [2.75, 3.05) is 20.8 Å². The van der Waals surface area contributed by atoms with Crippen LogP contribution < -0.4 is 5.32 Å². The van der Waals surface area contributed by atoms with Crippen LogP contribution in [0.5, 0.6) is 0 Å². The molecular weight excluding hydrogens is 378 g/mol. The Morgan fingerprint density at radius 3 is 2.21 bits per heavy atom. The van der Waals surface area contributed by atoms with Gasteiger partial charge in [0.25, 0.3) is 0 Å². The summed E-state index contributed by atoms with van der Waals surface area (Å²) in [5.74, 6) is -3.00. The van der Waals surface area contributed by atoms with E-state index in [1.165, 1.54) is 20.3 Å². The van der Waals surface area contributed by atoms with Crippen molar-refractivity contribution in [1.29, 1.82) is 0 Å². The van der Waals surface area contributed by atoms with Crippen molar-refractivity contribution in [2.45, 2.75) is 32.8 Å². The first-order valence-electron chi connectivity index (χ1n) is 9.04. The van der Waals surface area contributed by atoms with Crippen molar-refractivity contribution in [3.63, 3.8) is 0 Å². The molecule has 1 aromatic carbocycles. The number of carbonyl (C=O) groups is 3. The third kappa shape index (κ3) is 4.48. The van der Waals surface area contributed by atoms with Gasteiger partial charge in [0.1, 0.15) is 0 Å². The van der Waals surface area contributed by atoms with Crippen LogP contribution in [0.25, 0.3) is 0 Å². The number of aliphatic hydroxyl groups is 1. The summed E-state index contributed by atoms with van der Waals surface area (Å²) in [6.07, 6.45) is -0.399. The molecule has 0 spiro atoms. The van der Waals surface area contributed by atoms with Crippen LogP contribution in [0.15, 0.2) is 46.8 Å². The normalized spacial score (nSPS) is 16.4. The van der Waals surface area contributed by atoms with Gasteiger partial charge in [-0.3, -0.25) is 0 Å². The Kier molecular flexibility index (Phi) is 7.17. The largest absolute Gasteiger partial charge is 0.466 e. The maximum Gasteiger partial charge on any atom is 0.338 e. The fraction of sp³-hybridized carbons (Fsp3) is 0.381. The van der Waals surface area contributed by atoms with Gasteiger partial charge < -0.3 is 24.6 Å². The minimum Gasteiger partial charge on any atom is -0.466 e. The molecule has 8 heteroatoms. The molecule has 0 aliphatic carbocycles. The van der Waals surface area contributed by atoms with E-state index in [1.807, 2.05) is 0 Å². The number of hydrogen-bond donors (Lipinski definition) is 2. The molecular formula is C21H25NO7. The molecule has 0 aromatic heterocycles. The first-order valence-corrected chi connectivity index (χ1v) is 9.04. The molecule has 2 rings (SSSR count). The van der Waals surface area contributed by atoms with E-state index >= 15 is 0 Å². The van der Waals surface area contributed by atoms with Crippen LogP contribution in [-0.4, -0.2) is 49.9 Å². The Hall–Kier alpha value is -3.13. The van der Waals surface area contributed by atoms with Gasteiger partial charge in [0.2, 0.25) is 0 Å². The number of dihydropyridines is 1. The molecule has 8 nitrogen and oxygen atoms in total. The molecule has 0 amide bonds. The summed E-state index contributed by atoms with van der Waals surface area (Å²) in [6, 6.07) is 6.49. The predicted octanol–water partition coefficient (Wildman–Crippen LogP) is 1.80. The van der Waals surface area contributed by atoms with E-state index in [-0.39, 0.29) is 22.4 Å². The molecule has 2 N–H and O–H groups in total.